The minimum atomic E-state index is -1.22. The Labute approximate surface area is 116 Å². The van der Waals surface area contributed by atoms with Crippen molar-refractivity contribution in [2.75, 3.05) is 5.32 Å². The van der Waals surface area contributed by atoms with Crippen LogP contribution in [-0.4, -0.2) is 29.1 Å². The van der Waals surface area contributed by atoms with Crippen LogP contribution in [0.5, 0.6) is 0 Å². The molecule has 0 aliphatic carbocycles. The largest absolute Gasteiger partial charge is 0.480 e. The normalized spacial score (nSPS) is 11.4. The molecule has 0 saturated carbocycles. The second-order valence-electron chi connectivity index (χ2n) is 4.36. The monoisotopic (exact) mass is 279 g/mol. The van der Waals surface area contributed by atoms with Crippen LogP contribution in [0.15, 0.2) is 24.3 Å². The van der Waals surface area contributed by atoms with Gasteiger partial charge in [0.05, 0.1) is 0 Å². The van der Waals surface area contributed by atoms with E-state index < -0.39 is 23.9 Å². The highest BCUT2D eigenvalue weighted by molar-refractivity contribution is 5.92. The Bertz CT molecular complexity index is 516. The van der Waals surface area contributed by atoms with Gasteiger partial charge >= 0.3 is 12.0 Å². The van der Waals surface area contributed by atoms with Gasteiger partial charge in [-0.05, 0) is 31.0 Å². The standard InChI is InChI=1S/C13H17N3O4/c1-8-3-2-4-9(7-8)15-13(20)16-10(12(18)19)5-6-11(14)17/h2-4,7,10H,5-6H2,1H3,(H2,14,17)(H,18,19)(H2,15,16,20)/t10-/m1/s1. The van der Waals surface area contributed by atoms with Crippen molar-refractivity contribution in [2.24, 2.45) is 5.73 Å². The van der Waals surface area contributed by atoms with Crippen LogP contribution < -0.4 is 16.4 Å². The molecule has 0 aliphatic rings. The number of amides is 3. The van der Waals surface area contributed by atoms with Crippen LogP contribution in [0.4, 0.5) is 10.5 Å². The number of anilines is 1. The molecule has 1 aromatic rings. The number of benzene rings is 1. The van der Waals surface area contributed by atoms with E-state index in [0.29, 0.717) is 5.69 Å². The SMILES string of the molecule is Cc1cccc(NC(=O)N[C@H](CCC(N)=O)C(=O)O)c1. The second kappa shape index (κ2) is 7.13. The lowest BCUT2D eigenvalue weighted by Crippen LogP contribution is -2.43. The number of carboxylic acid groups (broad SMARTS) is 1. The van der Waals surface area contributed by atoms with Gasteiger partial charge in [-0.1, -0.05) is 12.1 Å². The average molecular weight is 279 g/mol. The molecule has 5 N–H and O–H groups in total. The van der Waals surface area contributed by atoms with Crippen molar-refractivity contribution in [3.8, 4) is 0 Å². The predicted molar refractivity (Wildman–Crippen MR) is 73.2 cm³/mol. The third-order valence-electron chi connectivity index (χ3n) is 2.56. The number of urea groups is 1. The van der Waals surface area contributed by atoms with Gasteiger partial charge < -0.3 is 21.5 Å². The maximum Gasteiger partial charge on any atom is 0.326 e. The van der Waals surface area contributed by atoms with Crippen LogP contribution in [0.25, 0.3) is 0 Å². The lowest BCUT2D eigenvalue weighted by atomic mass is 10.1. The first-order chi connectivity index (χ1) is 9.38. The molecule has 3 amide bonds. The summed E-state index contributed by atoms with van der Waals surface area (Å²) in [7, 11) is 0. The van der Waals surface area contributed by atoms with E-state index in [-0.39, 0.29) is 12.8 Å². The first kappa shape index (κ1) is 15.5. The van der Waals surface area contributed by atoms with Crippen LogP contribution in [0, 0.1) is 6.92 Å². The molecule has 0 aromatic heterocycles. The number of primary amides is 1. The third-order valence-corrected chi connectivity index (χ3v) is 2.56. The summed E-state index contributed by atoms with van der Waals surface area (Å²) >= 11 is 0. The van der Waals surface area contributed by atoms with Crippen molar-refractivity contribution in [1.82, 2.24) is 5.32 Å². The van der Waals surface area contributed by atoms with Crippen LogP contribution in [0.1, 0.15) is 18.4 Å². The molecule has 108 valence electrons. The summed E-state index contributed by atoms with van der Waals surface area (Å²) in [6, 6.07) is 5.27. The molecule has 7 heteroatoms. The molecule has 0 spiro atoms. The number of carboxylic acids is 1. The van der Waals surface area contributed by atoms with E-state index in [0.717, 1.165) is 5.56 Å². The zero-order valence-electron chi connectivity index (χ0n) is 11.1. The highest BCUT2D eigenvalue weighted by Gasteiger charge is 2.20. The molecular weight excluding hydrogens is 262 g/mol. The van der Waals surface area contributed by atoms with Crippen LogP contribution in [0.3, 0.4) is 0 Å². The van der Waals surface area contributed by atoms with E-state index in [1.165, 1.54) is 0 Å². The van der Waals surface area contributed by atoms with E-state index in [2.05, 4.69) is 10.6 Å². The summed E-state index contributed by atoms with van der Waals surface area (Å²) in [4.78, 5) is 33.3. The molecule has 1 aromatic carbocycles. The summed E-state index contributed by atoms with van der Waals surface area (Å²) < 4.78 is 0. The number of carbonyl (C=O) groups is 3. The molecule has 0 heterocycles. The van der Waals surface area contributed by atoms with Crippen LogP contribution in [0.2, 0.25) is 0 Å². The quantitative estimate of drug-likeness (QED) is 0.616. The van der Waals surface area contributed by atoms with Crippen LogP contribution in [-0.2, 0) is 9.59 Å². The molecule has 0 fully saturated rings. The zero-order valence-corrected chi connectivity index (χ0v) is 11.1. The first-order valence-electron chi connectivity index (χ1n) is 6.04. The molecule has 0 bridgehead atoms. The number of hydrogen-bond donors (Lipinski definition) is 4. The number of nitrogens with one attached hydrogen (secondary N) is 2. The number of aryl methyl sites for hydroxylation is 1. The topological polar surface area (TPSA) is 122 Å². The summed E-state index contributed by atoms with van der Waals surface area (Å²) in [5.41, 5.74) is 6.47. The van der Waals surface area contributed by atoms with Gasteiger partial charge in [0.2, 0.25) is 5.91 Å². The molecule has 1 rings (SSSR count). The summed E-state index contributed by atoms with van der Waals surface area (Å²) in [6.45, 7) is 1.87. The average Bonchev–Trinajstić information content (AvgIpc) is 2.33. The van der Waals surface area contributed by atoms with E-state index >= 15 is 0 Å². The fraction of sp³-hybridized carbons (Fsp3) is 0.308. The van der Waals surface area contributed by atoms with Crippen molar-refractivity contribution >= 4 is 23.6 Å². The van der Waals surface area contributed by atoms with Gasteiger partial charge in [0, 0.05) is 12.1 Å². The van der Waals surface area contributed by atoms with Gasteiger partial charge in [-0.2, -0.15) is 0 Å². The fourth-order valence-electron chi connectivity index (χ4n) is 1.59. The Hall–Kier alpha value is -2.57. The number of hydrogen-bond acceptors (Lipinski definition) is 3. The molecule has 7 nitrogen and oxygen atoms in total. The molecule has 0 unspecified atom stereocenters. The molecule has 1 atom stereocenters. The van der Waals surface area contributed by atoms with Crippen LogP contribution >= 0.6 is 0 Å². The lowest BCUT2D eigenvalue weighted by molar-refractivity contribution is -0.139. The van der Waals surface area contributed by atoms with Gasteiger partial charge in [-0.3, -0.25) is 4.79 Å². The second-order valence-corrected chi connectivity index (χ2v) is 4.36. The van der Waals surface area contributed by atoms with E-state index in [9.17, 15) is 14.4 Å². The molecule has 20 heavy (non-hydrogen) atoms. The van der Waals surface area contributed by atoms with Crippen molar-refractivity contribution < 1.29 is 19.5 Å². The van der Waals surface area contributed by atoms with Crippen molar-refractivity contribution in [3.05, 3.63) is 29.8 Å². The fourth-order valence-corrected chi connectivity index (χ4v) is 1.59. The molecule has 0 radical (unpaired) electrons. The highest BCUT2D eigenvalue weighted by atomic mass is 16.4. The van der Waals surface area contributed by atoms with Gasteiger partial charge in [0.1, 0.15) is 6.04 Å². The predicted octanol–water partition coefficient (Wildman–Crippen LogP) is 0.835. The Morgan fingerprint density at radius 2 is 2.05 bits per heavy atom. The number of carbonyl (C=O) groups excluding carboxylic acids is 2. The summed E-state index contributed by atoms with van der Waals surface area (Å²) in [5.74, 6) is -1.83. The minimum Gasteiger partial charge on any atom is -0.480 e. The number of rotatable bonds is 6. The third kappa shape index (κ3) is 5.38. The number of nitrogens with two attached hydrogens (primary N) is 1. The summed E-state index contributed by atoms with van der Waals surface area (Å²) in [6.07, 6.45) is -0.159. The van der Waals surface area contributed by atoms with Crippen molar-refractivity contribution in [2.45, 2.75) is 25.8 Å². The zero-order chi connectivity index (χ0) is 15.1. The Kier molecular flexibility index (Phi) is 5.52. The Morgan fingerprint density at radius 3 is 2.60 bits per heavy atom. The van der Waals surface area contributed by atoms with Gasteiger partial charge in [0.25, 0.3) is 0 Å². The lowest BCUT2D eigenvalue weighted by Gasteiger charge is -2.14. The van der Waals surface area contributed by atoms with Gasteiger partial charge in [0.15, 0.2) is 0 Å². The Morgan fingerprint density at radius 1 is 1.35 bits per heavy atom. The minimum absolute atomic E-state index is 0.0497. The van der Waals surface area contributed by atoms with E-state index in [1.807, 2.05) is 13.0 Å². The van der Waals surface area contributed by atoms with Gasteiger partial charge in [-0.15, -0.1) is 0 Å². The van der Waals surface area contributed by atoms with E-state index in [1.54, 1.807) is 18.2 Å². The maximum atomic E-state index is 11.7. The first-order valence-corrected chi connectivity index (χ1v) is 6.04. The smallest absolute Gasteiger partial charge is 0.326 e. The van der Waals surface area contributed by atoms with Gasteiger partial charge in [-0.25, -0.2) is 9.59 Å². The Balaban J connectivity index is 2.57. The number of aliphatic carboxylic acids is 1. The molecular formula is C13H17N3O4. The molecule has 0 aliphatic heterocycles. The molecule has 0 saturated heterocycles. The highest BCUT2D eigenvalue weighted by Crippen LogP contribution is 2.09. The maximum absolute atomic E-state index is 11.7. The summed E-state index contributed by atoms with van der Waals surface area (Å²) in [5, 5.41) is 13.8. The van der Waals surface area contributed by atoms with Crippen molar-refractivity contribution in [1.29, 1.82) is 0 Å². The van der Waals surface area contributed by atoms with E-state index in [4.69, 9.17) is 10.8 Å². The van der Waals surface area contributed by atoms with Crippen molar-refractivity contribution in [3.63, 3.8) is 0 Å².